The molecule has 0 saturated carbocycles. The molecule has 14 heteroatoms. The molecule has 0 radical (unpaired) electrons. The lowest BCUT2D eigenvalue weighted by Gasteiger charge is -2.46. The monoisotopic (exact) mass is 1120 g/mol. The SMILES string of the molecule is CC/C=C\C/C=C\C/C=C\C/C=C\CCCCCCCCCCCCCCCCCCCCC(=O)NC(COC1OC(CO)C(OC2OC(CO)C(O)C(O)C2O)C(O)C1O)C(O)/C=C/CCCCCCCCCCCCCC. The van der Waals surface area contributed by atoms with Crippen LogP contribution >= 0.6 is 0 Å². The zero-order chi connectivity index (χ0) is 57.4. The first kappa shape index (κ1) is 72.8. The lowest BCUT2D eigenvalue weighted by molar-refractivity contribution is -0.359. The van der Waals surface area contributed by atoms with E-state index in [0.29, 0.717) is 6.42 Å². The average Bonchev–Trinajstić information content (AvgIpc) is 3.55. The van der Waals surface area contributed by atoms with Gasteiger partial charge in [-0.25, -0.2) is 0 Å². The van der Waals surface area contributed by atoms with E-state index in [1.807, 2.05) is 6.08 Å². The second-order valence-corrected chi connectivity index (χ2v) is 22.5. The van der Waals surface area contributed by atoms with Gasteiger partial charge in [-0.05, 0) is 57.8 Å². The predicted octanol–water partition coefficient (Wildman–Crippen LogP) is 11.7. The molecule has 0 aliphatic carbocycles. The second kappa shape index (κ2) is 50.2. The zero-order valence-corrected chi connectivity index (χ0v) is 49.6. The Morgan fingerprint density at radius 2 is 0.873 bits per heavy atom. The van der Waals surface area contributed by atoms with Crippen LogP contribution in [0.15, 0.2) is 60.8 Å². The fraction of sp³-hybridized carbons (Fsp3) is 0.831. The Hall–Kier alpha value is -2.31. The lowest BCUT2D eigenvalue weighted by Crippen LogP contribution is -2.65. The molecule has 0 bridgehead atoms. The van der Waals surface area contributed by atoms with E-state index >= 15 is 0 Å². The summed E-state index contributed by atoms with van der Waals surface area (Å²) in [5.41, 5.74) is 0. The largest absolute Gasteiger partial charge is 0.394 e. The molecule has 2 saturated heterocycles. The quantitative estimate of drug-likeness (QED) is 0.0204. The van der Waals surface area contributed by atoms with Crippen molar-refractivity contribution in [3.8, 4) is 0 Å². The third-order valence-electron chi connectivity index (χ3n) is 15.5. The molecular formula is C65H117NO13. The molecule has 2 heterocycles. The van der Waals surface area contributed by atoms with E-state index < -0.39 is 86.8 Å². The van der Waals surface area contributed by atoms with E-state index in [2.05, 4.69) is 67.8 Å². The van der Waals surface area contributed by atoms with Crippen LogP contribution in [-0.2, 0) is 23.7 Å². The van der Waals surface area contributed by atoms with Crippen molar-refractivity contribution in [2.75, 3.05) is 19.8 Å². The molecule has 2 aliphatic heterocycles. The van der Waals surface area contributed by atoms with Gasteiger partial charge in [0.2, 0.25) is 5.91 Å². The molecule has 0 spiro atoms. The number of rotatable bonds is 51. The van der Waals surface area contributed by atoms with Crippen molar-refractivity contribution < 1.29 is 64.6 Å². The smallest absolute Gasteiger partial charge is 0.220 e. The zero-order valence-electron chi connectivity index (χ0n) is 49.6. The molecule has 0 aromatic heterocycles. The molecule has 9 N–H and O–H groups in total. The molecule has 2 aliphatic rings. The van der Waals surface area contributed by atoms with Crippen LogP contribution in [0.5, 0.6) is 0 Å². The Bertz CT molecular complexity index is 1560. The van der Waals surface area contributed by atoms with E-state index in [9.17, 15) is 45.6 Å². The first-order valence-corrected chi connectivity index (χ1v) is 32.0. The second-order valence-electron chi connectivity index (χ2n) is 22.5. The summed E-state index contributed by atoms with van der Waals surface area (Å²) >= 11 is 0. The number of unbranched alkanes of at least 4 members (excludes halogenated alkanes) is 30. The molecule has 14 nitrogen and oxygen atoms in total. The van der Waals surface area contributed by atoms with Crippen LogP contribution in [0.3, 0.4) is 0 Å². The number of carbonyl (C=O) groups excluding carboxylic acids is 1. The molecule has 1 amide bonds. The minimum Gasteiger partial charge on any atom is -0.394 e. The minimum absolute atomic E-state index is 0.238. The summed E-state index contributed by atoms with van der Waals surface area (Å²) in [4.78, 5) is 13.3. The summed E-state index contributed by atoms with van der Waals surface area (Å²) in [6.07, 6.45) is 48.4. The number of allylic oxidation sites excluding steroid dienone is 9. The van der Waals surface area contributed by atoms with Crippen LogP contribution < -0.4 is 5.32 Å². The predicted molar refractivity (Wildman–Crippen MR) is 318 cm³/mol. The van der Waals surface area contributed by atoms with Crippen molar-refractivity contribution in [1.82, 2.24) is 5.32 Å². The van der Waals surface area contributed by atoms with E-state index in [1.54, 1.807) is 6.08 Å². The van der Waals surface area contributed by atoms with Gasteiger partial charge in [0.25, 0.3) is 0 Å². The number of nitrogens with one attached hydrogen (secondary N) is 1. The van der Waals surface area contributed by atoms with Gasteiger partial charge in [-0.3, -0.25) is 4.79 Å². The first-order chi connectivity index (χ1) is 38.6. The molecule has 79 heavy (non-hydrogen) atoms. The first-order valence-electron chi connectivity index (χ1n) is 32.0. The maximum absolute atomic E-state index is 13.3. The number of hydrogen-bond acceptors (Lipinski definition) is 13. The van der Waals surface area contributed by atoms with Gasteiger partial charge >= 0.3 is 0 Å². The van der Waals surface area contributed by atoms with Crippen molar-refractivity contribution in [3.05, 3.63) is 60.8 Å². The van der Waals surface area contributed by atoms with Crippen molar-refractivity contribution in [2.45, 2.75) is 325 Å². The fourth-order valence-electron chi connectivity index (χ4n) is 10.3. The highest BCUT2D eigenvalue weighted by Gasteiger charge is 2.51. The van der Waals surface area contributed by atoms with Crippen molar-refractivity contribution in [1.29, 1.82) is 0 Å². The molecule has 460 valence electrons. The van der Waals surface area contributed by atoms with Crippen LogP contribution in [0.1, 0.15) is 251 Å². The molecule has 12 atom stereocenters. The van der Waals surface area contributed by atoms with Gasteiger partial charge in [0.1, 0.15) is 48.8 Å². The van der Waals surface area contributed by atoms with Crippen molar-refractivity contribution in [3.63, 3.8) is 0 Å². The number of amides is 1. The third-order valence-corrected chi connectivity index (χ3v) is 15.5. The van der Waals surface area contributed by atoms with E-state index in [4.69, 9.17) is 18.9 Å². The Morgan fingerprint density at radius 1 is 0.468 bits per heavy atom. The molecule has 12 unspecified atom stereocenters. The Kier molecular flexibility index (Phi) is 46.3. The highest BCUT2D eigenvalue weighted by atomic mass is 16.7. The van der Waals surface area contributed by atoms with Crippen LogP contribution in [0, 0.1) is 0 Å². The third kappa shape index (κ3) is 35.4. The number of aliphatic hydroxyl groups excluding tert-OH is 8. The Morgan fingerprint density at radius 3 is 1.34 bits per heavy atom. The van der Waals surface area contributed by atoms with Crippen LogP contribution in [0.4, 0.5) is 0 Å². The summed E-state index contributed by atoms with van der Waals surface area (Å²) in [6, 6.07) is -0.914. The summed E-state index contributed by atoms with van der Waals surface area (Å²) in [6.45, 7) is 2.69. The van der Waals surface area contributed by atoms with Gasteiger partial charge in [-0.15, -0.1) is 0 Å². The van der Waals surface area contributed by atoms with Crippen LogP contribution in [0.2, 0.25) is 0 Å². The van der Waals surface area contributed by atoms with Gasteiger partial charge in [0, 0.05) is 6.42 Å². The average molecular weight is 1120 g/mol. The topological polar surface area (TPSA) is 228 Å². The van der Waals surface area contributed by atoms with Gasteiger partial charge in [-0.2, -0.15) is 0 Å². The highest BCUT2D eigenvalue weighted by molar-refractivity contribution is 5.76. The number of carbonyl (C=O) groups is 1. The minimum atomic E-state index is -1.79. The van der Waals surface area contributed by atoms with Gasteiger partial charge in [0.05, 0.1) is 32.0 Å². The van der Waals surface area contributed by atoms with E-state index in [1.165, 1.54) is 161 Å². The van der Waals surface area contributed by atoms with Gasteiger partial charge < -0.3 is 65.1 Å². The number of hydrogen-bond donors (Lipinski definition) is 9. The maximum atomic E-state index is 13.3. The van der Waals surface area contributed by atoms with Gasteiger partial charge in [-0.1, -0.05) is 248 Å². The summed E-state index contributed by atoms with van der Waals surface area (Å²) in [5, 5.41) is 87.1. The standard InChI is InChI=1S/C65H117NO13/c1-3-5-7-9-11-13-15-17-19-20-21-22-23-24-25-26-27-28-29-30-31-32-33-34-35-37-39-41-43-45-47-49-57(70)66-53(54(69)48-46-44-42-40-38-36-18-16-14-12-10-8-6-4-2)52-76-64-62(75)60(73)63(56(51-68)78-64)79-65-61(74)59(72)58(71)55(50-67)77-65/h5,7,11,13,17,19,21-22,46,48,53-56,58-65,67-69,71-75H,3-4,6,8-10,12,14-16,18,20,23-45,47,49-52H2,1-2H3,(H,66,70)/b7-5-,13-11-,19-17-,22-21-,48-46+. The molecular weight excluding hydrogens is 1000 g/mol. The van der Waals surface area contributed by atoms with Gasteiger partial charge in [0.15, 0.2) is 12.6 Å². The molecule has 2 fully saturated rings. The van der Waals surface area contributed by atoms with Crippen molar-refractivity contribution >= 4 is 5.91 Å². The molecule has 2 rings (SSSR count). The van der Waals surface area contributed by atoms with Crippen LogP contribution in [-0.4, -0.2) is 140 Å². The normalized spacial score (nSPS) is 24.8. The highest BCUT2D eigenvalue weighted by Crippen LogP contribution is 2.30. The lowest BCUT2D eigenvalue weighted by atomic mass is 9.97. The Balaban J connectivity index is 1.65. The fourth-order valence-corrected chi connectivity index (χ4v) is 10.3. The molecule has 0 aromatic rings. The summed E-state index contributed by atoms with van der Waals surface area (Å²) in [7, 11) is 0. The number of aliphatic hydroxyl groups is 8. The molecule has 0 aromatic carbocycles. The van der Waals surface area contributed by atoms with E-state index in [-0.39, 0.29) is 18.9 Å². The van der Waals surface area contributed by atoms with Crippen LogP contribution in [0.25, 0.3) is 0 Å². The van der Waals surface area contributed by atoms with Crippen molar-refractivity contribution in [2.24, 2.45) is 0 Å². The maximum Gasteiger partial charge on any atom is 0.220 e. The summed E-state index contributed by atoms with van der Waals surface area (Å²) in [5.74, 6) is -0.238. The Labute approximate surface area is 479 Å². The van der Waals surface area contributed by atoms with E-state index in [0.717, 1.165) is 64.2 Å². The summed E-state index contributed by atoms with van der Waals surface area (Å²) < 4.78 is 22.8. The number of ether oxygens (including phenoxy) is 4.